The second-order valence-corrected chi connectivity index (χ2v) is 6.20. The number of hydrogen-bond acceptors (Lipinski definition) is 4. The third-order valence-electron chi connectivity index (χ3n) is 3.82. The van der Waals surface area contributed by atoms with E-state index >= 15 is 0 Å². The van der Waals surface area contributed by atoms with E-state index in [1.807, 2.05) is 49.4 Å². The predicted octanol–water partition coefficient (Wildman–Crippen LogP) is 2.81. The Morgan fingerprint density at radius 1 is 1.45 bits per heavy atom. The molecule has 1 fully saturated rings. The van der Waals surface area contributed by atoms with Crippen LogP contribution < -0.4 is 10.1 Å². The van der Waals surface area contributed by atoms with Crippen molar-refractivity contribution in [2.45, 2.75) is 36.8 Å². The fraction of sp³-hybridized carbons (Fsp3) is 0.562. The lowest BCUT2D eigenvalue weighted by molar-refractivity contribution is -0.138. The van der Waals surface area contributed by atoms with Crippen LogP contribution in [-0.4, -0.2) is 49.3 Å². The summed E-state index contributed by atoms with van der Waals surface area (Å²) in [5.41, 5.74) is 0. The third kappa shape index (κ3) is 4.80. The molecule has 1 aromatic rings. The molecule has 1 saturated heterocycles. The fourth-order valence-corrected chi connectivity index (χ4v) is 3.12. The van der Waals surface area contributed by atoms with Crippen LogP contribution >= 0.6 is 24.2 Å². The van der Waals surface area contributed by atoms with Crippen LogP contribution in [0.4, 0.5) is 0 Å². The molecule has 4 nitrogen and oxygen atoms in total. The van der Waals surface area contributed by atoms with Gasteiger partial charge in [0, 0.05) is 24.0 Å². The highest BCUT2D eigenvalue weighted by molar-refractivity contribution is 7.98. The molecule has 0 radical (unpaired) electrons. The number of hydrogen-bond donors (Lipinski definition) is 1. The van der Waals surface area contributed by atoms with E-state index in [0.717, 1.165) is 31.7 Å². The Labute approximate surface area is 143 Å². The van der Waals surface area contributed by atoms with Crippen molar-refractivity contribution in [2.75, 3.05) is 26.4 Å². The summed E-state index contributed by atoms with van der Waals surface area (Å²) < 4.78 is 5.79. The average Bonchev–Trinajstić information content (AvgIpc) is 2.96. The molecule has 0 saturated carbocycles. The van der Waals surface area contributed by atoms with Gasteiger partial charge in [-0.3, -0.25) is 4.79 Å². The van der Waals surface area contributed by atoms with Crippen LogP contribution in [0.5, 0.6) is 5.75 Å². The van der Waals surface area contributed by atoms with Gasteiger partial charge < -0.3 is 15.0 Å². The van der Waals surface area contributed by atoms with Crippen molar-refractivity contribution in [3.63, 3.8) is 0 Å². The molecule has 1 aliphatic rings. The van der Waals surface area contributed by atoms with E-state index in [9.17, 15) is 4.79 Å². The summed E-state index contributed by atoms with van der Waals surface area (Å²) in [7, 11) is 1.92. The molecule has 2 rings (SSSR count). The first-order valence-corrected chi connectivity index (χ1v) is 8.64. The lowest BCUT2D eigenvalue weighted by Crippen LogP contribution is -2.46. The molecule has 0 bridgehead atoms. The first-order chi connectivity index (χ1) is 10.2. The van der Waals surface area contributed by atoms with Crippen molar-refractivity contribution in [1.29, 1.82) is 0 Å². The van der Waals surface area contributed by atoms with Crippen LogP contribution in [0.25, 0.3) is 0 Å². The Hall–Kier alpha value is -0.910. The maximum atomic E-state index is 12.5. The molecule has 0 aromatic heterocycles. The SMILES string of the molecule is CNCC1CCCN1C(=O)C(C)Oc1ccc(SC)cc1.Cl. The van der Waals surface area contributed by atoms with Crippen LogP contribution in [0.1, 0.15) is 19.8 Å². The minimum atomic E-state index is -0.442. The molecule has 6 heteroatoms. The zero-order chi connectivity index (χ0) is 15.2. The normalized spacial score (nSPS) is 18.7. The van der Waals surface area contributed by atoms with E-state index in [1.54, 1.807) is 11.8 Å². The second kappa shape index (κ2) is 9.28. The van der Waals surface area contributed by atoms with Crippen LogP contribution in [-0.2, 0) is 4.79 Å². The zero-order valence-corrected chi connectivity index (χ0v) is 15.0. The summed E-state index contributed by atoms with van der Waals surface area (Å²) in [5.74, 6) is 0.833. The zero-order valence-electron chi connectivity index (χ0n) is 13.4. The number of amides is 1. The molecular formula is C16H25ClN2O2S. The highest BCUT2D eigenvalue weighted by Crippen LogP contribution is 2.22. The molecule has 124 valence electrons. The third-order valence-corrected chi connectivity index (χ3v) is 4.56. The molecule has 2 atom stereocenters. The van der Waals surface area contributed by atoms with E-state index in [0.29, 0.717) is 6.04 Å². The lowest BCUT2D eigenvalue weighted by atomic mass is 10.2. The Morgan fingerprint density at radius 3 is 2.73 bits per heavy atom. The lowest BCUT2D eigenvalue weighted by Gasteiger charge is -2.27. The molecular weight excluding hydrogens is 320 g/mol. The van der Waals surface area contributed by atoms with E-state index in [1.165, 1.54) is 4.90 Å². The molecule has 1 heterocycles. The van der Waals surface area contributed by atoms with Gasteiger partial charge in [0.2, 0.25) is 0 Å². The molecule has 1 aromatic carbocycles. The number of thioether (sulfide) groups is 1. The number of benzene rings is 1. The van der Waals surface area contributed by atoms with Crippen molar-refractivity contribution in [3.05, 3.63) is 24.3 Å². The van der Waals surface area contributed by atoms with E-state index in [4.69, 9.17) is 4.74 Å². The van der Waals surface area contributed by atoms with Gasteiger partial charge in [-0.25, -0.2) is 0 Å². The first-order valence-electron chi connectivity index (χ1n) is 7.41. The van der Waals surface area contributed by atoms with Gasteiger partial charge in [-0.2, -0.15) is 0 Å². The van der Waals surface area contributed by atoms with Crippen LogP contribution in [0, 0.1) is 0 Å². The summed E-state index contributed by atoms with van der Waals surface area (Å²) >= 11 is 1.69. The van der Waals surface area contributed by atoms with E-state index < -0.39 is 6.10 Å². The number of carbonyl (C=O) groups excluding carboxylic acids is 1. The second-order valence-electron chi connectivity index (χ2n) is 5.32. The summed E-state index contributed by atoms with van der Waals surface area (Å²) in [4.78, 5) is 15.7. The molecule has 1 N–H and O–H groups in total. The number of carbonyl (C=O) groups is 1. The molecule has 1 amide bonds. The van der Waals surface area contributed by atoms with Gasteiger partial charge in [-0.15, -0.1) is 24.2 Å². The number of likely N-dealkylation sites (N-methyl/N-ethyl adjacent to an activating group) is 1. The van der Waals surface area contributed by atoms with Crippen molar-refractivity contribution in [3.8, 4) is 5.75 Å². The van der Waals surface area contributed by atoms with Crippen molar-refractivity contribution in [1.82, 2.24) is 10.2 Å². The summed E-state index contributed by atoms with van der Waals surface area (Å²) in [5, 5.41) is 3.16. The smallest absolute Gasteiger partial charge is 0.263 e. The average molecular weight is 345 g/mol. The van der Waals surface area contributed by atoms with Crippen LogP contribution in [0.2, 0.25) is 0 Å². The van der Waals surface area contributed by atoms with Gasteiger partial charge in [0.1, 0.15) is 5.75 Å². The standard InChI is InChI=1S/C16H24N2O2S.ClH/c1-12(20-14-6-8-15(21-3)9-7-14)16(19)18-10-4-5-13(18)11-17-2;/h6-9,12-13,17H,4-5,10-11H2,1-3H3;1H. The number of likely N-dealkylation sites (tertiary alicyclic amines) is 1. The van der Waals surface area contributed by atoms with Gasteiger partial charge in [-0.1, -0.05) is 0 Å². The monoisotopic (exact) mass is 344 g/mol. The number of halogens is 1. The Kier molecular flexibility index (Phi) is 8.07. The van der Waals surface area contributed by atoms with Crippen LogP contribution in [0.3, 0.4) is 0 Å². The van der Waals surface area contributed by atoms with E-state index in [-0.39, 0.29) is 18.3 Å². The largest absolute Gasteiger partial charge is 0.481 e. The molecule has 0 aliphatic carbocycles. The minimum absolute atomic E-state index is 0. The molecule has 0 spiro atoms. The van der Waals surface area contributed by atoms with Gasteiger partial charge >= 0.3 is 0 Å². The highest BCUT2D eigenvalue weighted by Gasteiger charge is 2.31. The fourth-order valence-electron chi connectivity index (χ4n) is 2.72. The van der Waals surface area contributed by atoms with E-state index in [2.05, 4.69) is 5.32 Å². The molecule has 1 aliphatic heterocycles. The van der Waals surface area contributed by atoms with Gasteiger partial charge in [0.05, 0.1) is 0 Å². The van der Waals surface area contributed by atoms with Crippen molar-refractivity contribution in [2.24, 2.45) is 0 Å². The van der Waals surface area contributed by atoms with Gasteiger partial charge in [0.15, 0.2) is 6.10 Å². The van der Waals surface area contributed by atoms with Crippen molar-refractivity contribution < 1.29 is 9.53 Å². The number of nitrogens with one attached hydrogen (secondary N) is 1. The Bertz CT molecular complexity index is 470. The number of rotatable bonds is 6. The summed E-state index contributed by atoms with van der Waals surface area (Å²) in [6, 6.07) is 8.16. The van der Waals surface area contributed by atoms with Gasteiger partial charge in [0.25, 0.3) is 5.91 Å². The predicted molar refractivity (Wildman–Crippen MR) is 94.2 cm³/mol. The summed E-state index contributed by atoms with van der Waals surface area (Å²) in [6.45, 7) is 3.52. The first kappa shape index (κ1) is 19.1. The minimum Gasteiger partial charge on any atom is -0.481 e. The number of nitrogens with zero attached hydrogens (tertiary/aromatic N) is 1. The maximum absolute atomic E-state index is 12.5. The summed E-state index contributed by atoms with van der Waals surface area (Å²) in [6.07, 6.45) is 3.74. The van der Waals surface area contributed by atoms with Gasteiger partial charge in [-0.05, 0) is 57.3 Å². The number of ether oxygens (including phenoxy) is 1. The molecule has 22 heavy (non-hydrogen) atoms. The topological polar surface area (TPSA) is 41.6 Å². The maximum Gasteiger partial charge on any atom is 0.263 e. The highest BCUT2D eigenvalue weighted by atomic mass is 35.5. The molecule has 2 unspecified atom stereocenters. The van der Waals surface area contributed by atoms with Crippen LogP contribution in [0.15, 0.2) is 29.2 Å². The van der Waals surface area contributed by atoms with Crippen molar-refractivity contribution >= 4 is 30.1 Å². The Balaban J connectivity index is 0.00000242. The quantitative estimate of drug-likeness (QED) is 0.806. The Morgan fingerprint density at radius 2 is 2.14 bits per heavy atom.